The van der Waals surface area contributed by atoms with Gasteiger partial charge in [-0.1, -0.05) is 12.1 Å². The van der Waals surface area contributed by atoms with Crippen LogP contribution in [0.25, 0.3) is 20.5 Å². The molecular weight excluding hydrogens is 433 g/mol. The molecule has 6 heteroatoms. The quantitative estimate of drug-likeness (QED) is 0.289. The molecule has 0 saturated heterocycles. The molecule has 0 bridgehead atoms. The van der Waals surface area contributed by atoms with Gasteiger partial charge in [0, 0.05) is 28.1 Å². The molecule has 0 saturated carbocycles. The molecule has 1 aromatic heterocycles. The first kappa shape index (κ1) is 22.2. The molecule has 166 valence electrons. The molecular formula is C26H23F3O2S. The zero-order chi connectivity index (χ0) is 23.0. The van der Waals surface area contributed by atoms with Gasteiger partial charge in [0.15, 0.2) is 5.75 Å². The van der Waals surface area contributed by atoms with Crippen LogP contribution < -0.4 is 9.47 Å². The Morgan fingerprint density at radius 2 is 1.59 bits per heavy atom. The van der Waals surface area contributed by atoms with Gasteiger partial charge in [0.25, 0.3) is 5.92 Å². The van der Waals surface area contributed by atoms with Gasteiger partial charge in [-0.05, 0) is 74.9 Å². The summed E-state index contributed by atoms with van der Waals surface area (Å²) < 4.78 is 55.4. The number of ether oxygens (including phenoxy) is 2. The minimum absolute atomic E-state index is 0.0463. The van der Waals surface area contributed by atoms with E-state index in [0.717, 1.165) is 28.6 Å². The fourth-order valence-corrected chi connectivity index (χ4v) is 4.78. The third kappa shape index (κ3) is 4.60. The Morgan fingerprint density at radius 1 is 0.906 bits per heavy atom. The Balaban J connectivity index is 1.86. The molecule has 0 radical (unpaired) electrons. The Kier molecular flexibility index (Phi) is 5.91. The predicted molar refractivity (Wildman–Crippen MR) is 124 cm³/mol. The largest absolute Gasteiger partial charge is 0.491 e. The highest BCUT2D eigenvalue weighted by Crippen LogP contribution is 2.49. The highest BCUT2D eigenvalue weighted by Gasteiger charge is 2.31. The molecule has 32 heavy (non-hydrogen) atoms. The van der Waals surface area contributed by atoms with Gasteiger partial charge in [-0.15, -0.1) is 11.3 Å². The first-order chi connectivity index (χ1) is 15.1. The monoisotopic (exact) mass is 456 g/mol. The SMILES string of the molecule is Cc1ccc2c(Oc3ccc(OC(C)C)cc3)c(-c3ccc(F)cc3C(C)(F)F)sc2c1. The topological polar surface area (TPSA) is 18.5 Å². The zero-order valence-corrected chi connectivity index (χ0v) is 19.0. The Hall–Kier alpha value is -2.99. The van der Waals surface area contributed by atoms with Crippen LogP contribution in [0.15, 0.2) is 60.7 Å². The summed E-state index contributed by atoms with van der Waals surface area (Å²) in [6.07, 6.45) is 0.0463. The molecule has 1 heterocycles. The van der Waals surface area contributed by atoms with Crippen molar-refractivity contribution in [2.45, 2.75) is 39.7 Å². The van der Waals surface area contributed by atoms with Crippen molar-refractivity contribution in [1.29, 1.82) is 0 Å². The van der Waals surface area contributed by atoms with Crippen molar-refractivity contribution in [3.8, 4) is 27.7 Å². The van der Waals surface area contributed by atoms with E-state index < -0.39 is 11.7 Å². The summed E-state index contributed by atoms with van der Waals surface area (Å²) in [6.45, 7) is 6.63. The highest BCUT2D eigenvalue weighted by atomic mass is 32.1. The van der Waals surface area contributed by atoms with E-state index in [0.29, 0.717) is 22.1 Å². The number of rotatable bonds is 6. The smallest absolute Gasteiger partial charge is 0.271 e. The predicted octanol–water partition coefficient (Wildman–Crippen LogP) is 8.71. The first-order valence-corrected chi connectivity index (χ1v) is 11.1. The number of halogens is 3. The maximum absolute atomic E-state index is 14.4. The van der Waals surface area contributed by atoms with Crippen molar-refractivity contribution in [2.24, 2.45) is 0 Å². The maximum Gasteiger partial charge on any atom is 0.271 e. The molecule has 0 spiro atoms. The number of aryl methyl sites for hydroxylation is 1. The molecule has 4 rings (SSSR count). The summed E-state index contributed by atoms with van der Waals surface area (Å²) in [7, 11) is 0. The fraction of sp³-hybridized carbons (Fsp3) is 0.231. The van der Waals surface area contributed by atoms with Crippen molar-refractivity contribution < 1.29 is 22.6 Å². The third-order valence-electron chi connectivity index (χ3n) is 4.91. The van der Waals surface area contributed by atoms with E-state index in [2.05, 4.69) is 0 Å². The van der Waals surface area contributed by atoms with E-state index in [-0.39, 0.29) is 17.2 Å². The molecule has 0 aliphatic heterocycles. The molecule has 0 aliphatic rings. The van der Waals surface area contributed by atoms with Gasteiger partial charge >= 0.3 is 0 Å². The lowest BCUT2D eigenvalue weighted by atomic mass is 10.00. The number of alkyl halides is 2. The molecule has 0 unspecified atom stereocenters. The van der Waals surface area contributed by atoms with E-state index in [1.165, 1.54) is 23.5 Å². The van der Waals surface area contributed by atoms with E-state index in [4.69, 9.17) is 9.47 Å². The standard InChI is InChI=1S/C26H23F3O2S/c1-15(2)30-18-7-9-19(10-8-18)31-24-21-11-5-16(3)13-23(21)32-25(24)20-12-6-17(27)14-22(20)26(4,28)29/h5-15H,1-4H3. The van der Waals surface area contributed by atoms with Crippen LogP contribution in [0.1, 0.15) is 31.9 Å². The van der Waals surface area contributed by atoms with Gasteiger partial charge in [-0.2, -0.15) is 0 Å². The van der Waals surface area contributed by atoms with Crippen LogP contribution in [0.4, 0.5) is 13.2 Å². The van der Waals surface area contributed by atoms with Crippen molar-refractivity contribution in [3.05, 3.63) is 77.6 Å². The fourth-order valence-electron chi connectivity index (χ4n) is 3.51. The lowest BCUT2D eigenvalue weighted by Gasteiger charge is -2.17. The summed E-state index contributed by atoms with van der Waals surface area (Å²) in [5.41, 5.74) is 0.936. The van der Waals surface area contributed by atoms with Crippen molar-refractivity contribution in [3.63, 3.8) is 0 Å². The van der Waals surface area contributed by atoms with Crippen LogP contribution in [0, 0.1) is 12.7 Å². The number of thiophene rings is 1. The van der Waals surface area contributed by atoms with Crippen molar-refractivity contribution in [1.82, 2.24) is 0 Å². The van der Waals surface area contributed by atoms with E-state index >= 15 is 0 Å². The third-order valence-corrected chi connectivity index (χ3v) is 6.08. The van der Waals surface area contributed by atoms with E-state index in [1.54, 1.807) is 24.3 Å². The highest BCUT2D eigenvalue weighted by molar-refractivity contribution is 7.22. The normalized spacial score (nSPS) is 11.9. The molecule has 0 fully saturated rings. The number of benzene rings is 3. The van der Waals surface area contributed by atoms with Crippen LogP contribution >= 0.6 is 11.3 Å². The minimum Gasteiger partial charge on any atom is -0.491 e. The van der Waals surface area contributed by atoms with Gasteiger partial charge in [0.2, 0.25) is 0 Å². The van der Waals surface area contributed by atoms with Crippen LogP contribution in [0.5, 0.6) is 17.2 Å². The second kappa shape index (κ2) is 8.51. The van der Waals surface area contributed by atoms with Gasteiger partial charge in [0.1, 0.15) is 17.3 Å². The van der Waals surface area contributed by atoms with Gasteiger partial charge in [-0.25, -0.2) is 13.2 Å². The molecule has 0 N–H and O–H groups in total. The summed E-state index contributed by atoms with van der Waals surface area (Å²) in [4.78, 5) is 0.532. The molecule has 3 aromatic carbocycles. The number of hydrogen-bond acceptors (Lipinski definition) is 3. The Bertz CT molecular complexity index is 1250. The van der Waals surface area contributed by atoms with Gasteiger partial charge in [-0.3, -0.25) is 0 Å². The lowest BCUT2D eigenvalue weighted by Crippen LogP contribution is -2.09. The zero-order valence-electron chi connectivity index (χ0n) is 18.2. The molecule has 2 nitrogen and oxygen atoms in total. The Morgan fingerprint density at radius 3 is 2.25 bits per heavy atom. The van der Waals surface area contributed by atoms with E-state index in [1.807, 2.05) is 39.0 Å². The molecule has 4 aromatic rings. The summed E-state index contributed by atoms with van der Waals surface area (Å²) in [5.74, 6) is -2.18. The first-order valence-electron chi connectivity index (χ1n) is 10.3. The van der Waals surface area contributed by atoms with E-state index in [9.17, 15) is 13.2 Å². The minimum atomic E-state index is -3.21. The van der Waals surface area contributed by atoms with Crippen LogP contribution in [0.2, 0.25) is 0 Å². The van der Waals surface area contributed by atoms with Crippen molar-refractivity contribution >= 4 is 21.4 Å². The molecule has 0 amide bonds. The summed E-state index contributed by atoms with van der Waals surface area (Å²) in [6, 6.07) is 16.5. The Labute approximate surface area is 189 Å². The average Bonchev–Trinajstić information content (AvgIpc) is 3.05. The van der Waals surface area contributed by atoms with Crippen LogP contribution in [0.3, 0.4) is 0 Å². The number of hydrogen-bond donors (Lipinski definition) is 0. The van der Waals surface area contributed by atoms with Crippen LogP contribution in [-0.4, -0.2) is 6.10 Å². The average molecular weight is 457 g/mol. The van der Waals surface area contributed by atoms with Gasteiger partial charge < -0.3 is 9.47 Å². The second-order valence-corrected chi connectivity index (χ2v) is 9.13. The maximum atomic E-state index is 14.4. The molecule has 0 aliphatic carbocycles. The number of fused-ring (bicyclic) bond motifs is 1. The van der Waals surface area contributed by atoms with Crippen molar-refractivity contribution in [2.75, 3.05) is 0 Å². The van der Waals surface area contributed by atoms with Gasteiger partial charge in [0.05, 0.1) is 11.0 Å². The summed E-state index contributed by atoms with van der Waals surface area (Å²) >= 11 is 1.35. The second-order valence-electron chi connectivity index (χ2n) is 8.08. The lowest BCUT2D eigenvalue weighted by molar-refractivity contribution is 0.0178. The summed E-state index contributed by atoms with van der Waals surface area (Å²) in [5, 5.41) is 0.813. The van der Waals surface area contributed by atoms with Crippen LogP contribution in [-0.2, 0) is 5.92 Å². The molecule has 0 atom stereocenters.